The van der Waals surface area contributed by atoms with E-state index in [-0.39, 0.29) is 18.0 Å². The topological polar surface area (TPSA) is 75.1 Å². The number of hydrogen-bond donors (Lipinski definition) is 2. The second kappa shape index (κ2) is 6.90. The molecule has 1 saturated heterocycles. The lowest BCUT2D eigenvalue weighted by Crippen LogP contribution is -2.37. The Hall–Kier alpha value is -2.57. The highest BCUT2D eigenvalue weighted by Crippen LogP contribution is 2.20. The molecule has 2 aromatic rings. The Bertz CT molecular complexity index is 711. The maximum Gasteiger partial charge on any atom is 0.255 e. The van der Waals surface area contributed by atoms with Gasteiger partial charge in [-0.3, -0.25) is 9.48 Å². The SMILES string of the molecule is CC(C)Nc1ncccc1C(=O)NC1CCN(c2cnn(C)c2)C1. The Morgan fingerprint density at radius 2 is 2.25 bits per heavy atom. The molecule has 1 unspecified atom stereocenters. The first-order valence-corrected chi connectivity index (χ1v) is 8.29. The number of hydrogen-bond acceptors (Lipinski definition) is 5. The van der Waals surface area contributed by atoms with Gasteiger partial charge in [-0.15, -0.1) is 0 Å². The highest BCUT2D eigenvalue weighted by atomic mass is 16.1. The predicted molar refractivity (Wildman–Crippen MR) is 94.3 cm³/mol. The van der Waals surface area contributed by atoms with E-state index >= 15 is 0 Å². The Morgan fingerprint density at radius 1 is 1.42 bits per heavy atom. The van der Waals surface area contributed by atoms with Crippen LogP contribution in [-0.4, -0.2) is 45.8 Å². The fourth-order valence-electron chi connectivity index (χ4n) is 2.92. The average molecular weight is 328 g/mol. The molecule has 0 bridgehead atoms. The molecule has 0 aliphatic carbocycles. The van der Waals surface area contributed by atoms with Crippen molar-refractivity contribution in [1.82, 2.24) is 20.1 Å². The lowest BCUT2D eigenvalue weighted by atomic mass is 10.2. The minimum absolute atomic E-state index is 0.0794. The van der Waals surface area contributed by atoms with Crippen LogP contribution < -0.4 is 15.5 Å². The largest absolute Gasteiger partial charge is 0.367 e. The van der Waals surface area contributed by atoms with Gasteiger partial charge in [0.25, 0.3) is 5.91 Å². The normalized spacial score (nSPS) is 17.3. The van der Waals surface area contributed by atoms with E-state index in [4.69, 9.17) is 0 Å². The number of nitrogens with one attached hydrogen (secondary N) is 2. The first kappa shape index (κ1) is 16.3. The van der Waals surface area contributed by atoms with Crippen LogP contribution in [-0.2, 0) is 7.05 Å². The third-order valence-electron chi connectivity index (χ3n) is 4.06. The van der Waals surface area contributed by atoms with Gasteiger partial charge in [0.15, 0.2) is 0 Å². The molecule has 7 heteroatoms. The van der Waals surface area contributed by atoms with Gasteiger partial charge in [0.05, 0.1) is 17.4 Å². The summed E-state index contributed by atoms with van der Waals surface area (Å²) in [5.41, 5.74) is 1.68. The third-order valence-corrected chi connectivity index (χ3v) is 4.06. The summed E-state index contributed by atoms with van der Waals surface area (Å²) in [5, 5.41) is 10.6. The minimum atomic E-state index is -0.0794. The van der Waals surface area contributed by atoms with Crippen molar-refractivity contribution >= 4 is 17.4 Å². The quantitative estimate of drug-likeness (QED) is 0.873. The van der Waals surface area contributed by atoms with Crippen molar-refractivity contribution in [2.45, 2.75) is 32.4 Å². The van der Waals surface area contributed by atoms with Gasteiger partial charge in [0.1, 0.15) is 5.82 Å². The van der Waals surface area contributed by atoms with Crippen molar-refractivity contribution in [2.75, 3.05) is 23.3 Å². The summed E-state index contributed by atoms with van der Waals surface area (Å²) < 4.78 is 1.79. The van der Waals surface area contributed by atoms with Crippen LogP contribution in [0.25, 0.3) is 0 Å². The number of carbonyl (C=O) groups excluding carboxylic acids is 1. The average Bonchev–Trinajstić information content (AvgIpc) is 3.16. The maximum absolute atomic E-state index is 12.6. The third kappa shape index (κ3) is 3.67. The first-order chi connectivity index (χ1) is 11.5. The number of pyridine rings is 1. The Kier molecular flexibility index (Phi) is 4.69. The van der Waals surface area contributed by atoms with Crippen LogP contribution in [0.4, 0.5) is 11.5 Å². The first-order valence-electron chi connectivity index (χ1n) is 8.29. The van der Waals surface area contributed by atoms with E-state index < -0.39 is 0 Å². The Labute approximate surface area is 142 Å². The summed E-state index contributed by atoms with van der Waals surface area (Å²) in [4.78, 5) is 19.2. The van der Waals surface area contributed by atoms with Gasteiger partial charge in [-0.1, -0.05) is 0 Å². The van der Waals surface area contributed by atoms with E-state index in [1.54, 1.807) is 23.0 Å². The fraction of sp³-hybridized carbons (Fsp3) is 0.471. The number of rotatable bonds is 5. The molecule has 1 aliphatic heterocycles. The van der Waals surface area contributed by atoms with Crippen LogP contribution in [0.3, 0.4) is 0 Å². The zero-order valence-electron chi connectivity index (χ0n) is 14.4. The highest BCUT2D eigenvalue weighted by Gasteiger charge is 2.26. The zero-order valence-corrected chi connectivity index (χ0v) is 14.4. The number of anilines is 2. The van der Waals surface area contributed by atoms with E-state index in [0.717, 1.165) is 25.2 Å². The van der Waals surface area contributed by atoms with Gasteiger partial charge >= 0.3 is 0 Å². The molecule has 128 valence electrons. The van der Waals surface area contributed by atoms with Crippen LogP contribution >= 0.6 is 0 Å². The summed E-state index contributed by atoms with van der Waals surface area (Å²) in [6.45, 7) is 5.77. The summed E-state index contributed by atoms with van der Waals surface area (Å²) in [6, 6.07) is 3.95. The monoisotopic (exact) mass is 328 g/mol. The van der Waals surface area contributed by atoms with Crippen LogP contribution in [0.1, 0.15) is 30.6 Å². The highest BCUT2D eigenvalue weighted by molar-refractivity contribution is 5.99. The second-order valence-corrected chi connectivity index (χ2v) is 6.48. The molecular formula is C17H24N6O. The lowest BCUT2D eigenvalue weighted by molar-refractivity contribution is 0.0941. The molecule has 2 N–H and O–H groups in total. The van der Waals surface area contributed by atoms with Crippen LogP contribution in [0.2, 0.25) is 0 Å². The van der Waals surface area contributed by atoms with Gasteiger partial charge in [0, 0.05) is 44.6 Å². The molecule has 1 aliphatic rings. The molecule has 0 spiro atoms. The summed E-state index contributed by atoms with van der Waals surface area (Å²) in [5.74, 6) is 0.552. The standard InChI is InChI=1S/C17H24N6O/c1-12(2)20-16-15(5-4-7-18-16)17(24)21-13-6-8-23(10-13)14-9-19-22(3)11-14/h4-5,7,9,11-13H,6,8,10H2,1-3H3,(H,18,20)(H,21,24). The van der Waals surface area contributed by atoms with Gasteiger partial charge in [-0.2, -0.15) is 5.10 Å². The van der Waals surface area contributed by atoms with Gasteiger partial charge in [-0.25, -0.2) is 4.98 Å². The minimum Gasteiger partial charge on any atom is -0.367 e. The fourth-order valence-corrected chi connectivity index (χ4v) is 2.92. The molecule has 3 heterocycles. The molecular weight excluding hydrogens is 304 g/mol. The lowest BCUT2D eigenvalue weighted by Gasteiger charge is -2.18. The number of aromatic nitrogens is 3. The number of amides is 1. The summed E-state index contributed by atoms with van der Waals surface area (Å²) in [7, 11) is 1.91. The zero-order chi connectivity index (χ0) is 17.1. The molecule has 1 fully saturated rings. The number of nitrogens with zero attached hydrogens (tertiary/aromatic N) is 4. The Balaban J connectivity index is 1.64. The van der Waals surface area contributed by atoms with E-state index in [9.17, 15) is 4.79 Å². The molecule has 1 amide bonds. The van der Waals surface area contributed by atoms with Gasteiger partial charge < -0.3 is 15.5 Å². The van der Waals surface area contributed by atoms with Crippen molar-refractivity contribution in [3.05, 3.63) is 36.3 Å². The van der Waals surface area contributed by atoms with Gasteiger partial charge in [-0.05, 0) is 32.4 Å². The molecule has 3 rings (SSSR count). The molecule has 2 aromatic heterocycles. The summed E-state index contributed by atoms with van der Waals surface area (Å²) >= 11 is 0. The molecule has 0 radical (unpaired) electrons. The van der Waals surface area contributed by atoms with Crippen molar-refractivity contribution in [3.63, 3.8) is 0 Å². The van der Waals surface area contributed by atoms with Crippen LogP contribution in [0.15, 0.2) is 30.7 Å². The Morgan fingerprint density at radius 3 is 2.96 bits per heavy atom. The molecule has 0 saturated carbocycles. The smallest absolute Gasteiger partial charge is 0.255 e. The molecule has 0 aromatic carbocycles. The number of carbonyl (C=O) groups is 1. The second-order valence-electron chi connectivity index (χ2n) is 6.48. The van der Waals surface area contributed by atoms with Crippen molar-refractivity contribution in [3.8, 4) is 0 Å². The molecule has 1 atom stereocenters. The number of aryl methyl sites for hydroxylation is 1. The summed E-state index contributed by atoms with van der Waals surface area (Å²) in [6.07, 6.45) is 6.47. The molecule has 7 nitrogen and oxygen atoms in total. The van der Waals surface area contributed by atoms with Crippen LogP contribution in [0.5, 0.6) is 0 Å². The van der Waals surface area contributed by atoms with Crippen molar-refractivity contribution in [1.29, 1.82) is 0 Å². The van der Waals surface area contributed by atoms with E-state index in [1.807, 2.05) is 33.3 Å². The van der Waals surface area contributed by atoms with Crippen molar-refractivity contribution < 1.29 is 4.79 Å². The van der Waals surface area contributed by atoms with Gasteiger partial charge in [0.2, 0.25) is 0 Å². The van der Waals surface area contributed by atoms with E-state index in [2.05, 4.69) is 25.6 Å². The maximum atomic E-state index is 12.6. The molecule has 24 heavy (non-hydrogen) atoms. The van der Waals surface area contributed by atoms with E-state index in [0.29, 0.717) is 11.4 Å². The van der Waals surface area contributed by atoms with Crippen LogP contribution in [0, 0.1) is 0 Å². The van der Waals surface area contributed by atoms with Crippen molar-refractivity contribution in [2.24, 2.45) is 7.05 Å². The van der Waals surface area contributed by atoms with E-state index in [1.165, 1.54) is 0 Å². The predicted octanol–water partition coefficient (Wildman–Crippen LogP) is 1.64.